The van der Waals surface area contributed by atoms with Gasteiger partial charge in [-0.15, -0.1) is 0 Å². The maximum atomic E-state index is 13.6. The Labute approximate surface area is 459 Å². The molecule has 0 radical (unpaired) electrons. The fourth-order valence-corrected chi connectivity index (χ4v) is 8.22. The van der Waals surface area contributed by atoms with Crippen LogP contribution in [0.3, 0.4) is 0 Å². The lowest BCUT2D eigenvalue weighted by Gasteiger charge is -2.27. The van der Waals surface area contributed by atoms with Crippen LogP contribution in [0.25, 0.3) is 33.7 Å². The molecule has 1 unspecified atom stereocenters. The van der Waals surface area contributed by atoms with Gasteiger partial charge in [0.25, 0.3) is 11.8 Å². The number of rotatable bonds is 26. The van der Waals surface area contributed by atoms with Gasteiger partial charge in [-0.1, -0.05) is 19.1 Å². The number of hydrogen-bond acceptors (Lipinski definition) is 20. The lowest BCUT2D eigenvalue weighted by Crippen LogP contribution is -2.49. The normalized spacial score (nSPS) is 13.0. The van der Waals surface area contributed by atoms with Crippen molar-refractivity contribution >= 4 is 69.8 Å². The van der Waals surface area contributed by atoms with E-state index < -0.39 is 23.9 Å². The number of nitrogens with zero attached hydrogens (tertiary/aromatic N) is 7. The van der Waals surface area contributed by atoms with E-state index in [-0.39, 0.29) is 54.4 Å². The maximum absolute atomic E-state index is 13.6. The number of methoxy groups -OCH3 is 1. The largest absolute Gasteiger partial charge is 0.484 e. The van der Waals surface area contributed by atoms with Crippen molar-refractivity contribution in [1.82, 2.24) is 56.5 Å². The first-order chi connectivity index (χ1) is 38.7. The number of anilines is 4. The zero-order valence-corrected chi connectivity index (χ0v) is 44.5. The number of ketones is 1. The molecule has 1 aliphatic carbocycles. The van der Waals surface area contributed by atoms with Gasteiger partial charge in [-0.3, -0.25) is 29.7 Å². The highest BCUT2D eigenvalue weighted by Gasteiger charge is 2.35. The molecule has 1 fully saturated rings. The number of carboxylic acids is 1. The number of fused-ring (bicyclic) bond motifs is 4. The molecule has 2 aliphatic rings. The number of benzene rings is 3. The molecular weight excluding hydrogens is 1040 g/mol. The Morgan fingerprint density at radius 1 is 0.875 bits per heavy atom. The van der Waals surface area contributed by atoms with E-state index in [0.29, 0.717) is 141 Å². The number of H-pyrrole nitrogens is 1. The van der Waals surface area contributed by atoms with Crippen LogP contribution < -0.4 is 47.8 Å². The summed E-state index contributed by atoms with van der Waals surface area (Å²) >= 11 is 0. The molecule has 8 rings (SSSR count). The summed E-state index contributed by atoms with van der Waals surface area (Å²) < 4.78 is 26.4. The molecule has 80 heavy (non-hydrogen) atoms. The molecule has 4 heterocycles. The van der Waals surface area contributed by atoms with Crippen molar-refractivity contribution < 1.29 is 57.6 Å². The topological polar surface area (TPSA) is 368 Å². The van der Waals surface area contributed by atoms with E-state index in [2.05, 4.69) is 56.8 Å². The minimum atomic E-state index is -1.22. The van der Waals surface area contributed by atoms with Crippen molar-refractivity contribution in [3.05, 3.63) is 95.3 Å². The van der Waals surface area contributed by atoms with Crippen LogP contribution in [0.15, 0.2) is 72.9 Å². The van der Waals surface area contributed by atoms with E-state index in [1.807, 2.05) is 24.9 Å². The SMILES string of the molecule is CCCOCCNC(=O)CCC(NC(=O)c1ccc(N(C)Cc2cnc3nc(N)nc(N)c3n2)cc1)C(=O)O.COCCOCCNC(=O)COc1ccc(-c2n[nH]c3c2C(=O)c2c(NC(=O)NN4CCOCC4)cccc2-3)cc1. The van der Waals surface area contributed by atoms with Gasteiger partial charge in [-0.25, -0.2) is 24.6 Å². The number of carbonyl (C=O) groups excluding carboxylic acids is 5. The second kappa shape index (κ2) is 29.2. The highest BCUT2D eigenvalue weighted by Crippen LogP contribution is 2.43. The standard InChI is InChI=1S/C28H32N6O7.C25H33N9O5/c1-38-15-16-39-12-9-29-22(35)17-41-19-7-5-18(6-8-19)25-24-26(32-31-25)20-3-2-4-21(23(20)27(24)36)30-28(37)33-34-10-13-40-14-11-34;1-3-11-39-12-10-28-19(35)9-8-18(24(37)38)31-23(36)15-4-6-17(7-5-15)34(2)14-16-13-29-22-20(30-16)21(26)32-25(27)33-22/h2-8H,9-17H2,1H3,(H,29,35)(H,31,32)(H2,30,33,37);4-7,13,18H,3,8-12,14H2,1-2H3,(H,28,35)(H,31,36)(H,37,38)(H4,26,27,29,32,33). The van der Waals surface area contributed by atoms with Crippen LogP contribution in [0.5, 0.6) is 5.75 Å². The van der Waals surface area contributed by atoms with E-state index in [1.54, 1.807) is 79.0 Å². The third-order valence-electron chi connectivity index (χ3n) is 12.2. The molecule has 0 bridgehead atoms. The van der Waals surface area contributed by atoms with Gasteiger partial charge in [0.15, 0.2) is 29.4 Å². The quantitative estimate of drug-likeness (QED) is 0.0352. The predicted octanol–water partition coefficient (Wildman–Crippen LogP) is 2.54. The molecule has 27 heteroatoms. The molecule has 11 N–H and O–H groups in total. The molecule has 3 aromatic carbocycles. The molecule has 0 spiro atoms. The third kappa shape index (κ3) is 16.3. The van der Waals surface area contributed by atoms with E-state index >= 15 is 0 Å². The fourth-order valence-electron chi connectivity index (χ4n) is 8.22. The summed E-state index contributed by atoms with van der Waals surface area (Å²) in [4.78, 5) is 93.1. The summed E-state index contributed by atoms with van der Waals surface area (Å²) in [7, 11) is 3.44. The second-order valence-corrected chi connectivity index (χ2v) is 18.1. The Kier molecular flexibility index (Phi) is 21.4. The van der Waals surface area contributed by atoms with Gasteiger partial charge in [0.1, 0.15) is 17.5 Å². The Hall–Kier alpha value is -8.89. The summed E-state index contributed by atoms with van der Waals surface area (Å²) in [5, 5.41) is 29.3. The number of aromatic amines is 1. The van der Waals surface area contributed by atoms with E-state index in [1.165, 1.54) is 0 Å². The van der Waals surface area contributed by atoms with Gasteiger partial charge < -0.3 is 66.4 Å². The van der Waals surface area contributed by atoms with E-state index in [9.17, 15) is 33.9 Å². The molecule has 424 valence electrons. The summed E-state index contributed by atoms with van der Waals surface area (Å²) in [5.41, 5.74) is 20.3. The first-order valence-electron chi connectivity index (χ1n) is 25.7. The van der Waals surface area contributed by atoms with Crippen molar-refractivity contribution in [2.75, 3.05) is 115 Å². The average Bonchev–Trinajstić information content (AvgIpc) is 4.08. The third-order valence-corrected chi connectivity index (χ3v) is 12.2. The predicted molar refractivity (Wildman–Crippen MR) is 293 cm³/mol. The first-order valence-corrected chi connectivity index (χ1v) is 25.7. The smallest absolute Gasteiger partial charge is 0.333 e. The van der Waals surface area contributed by atoms with Gasteiger partial charge in [0.05, 0.1) is 80.6 Å². The number of morpholine rings is 1. The van der Waals surface area contributed by atoms with Crippen molar-refractivity contribution in [3.63, 3.8) is 0 Å². The van der Waals surface area contributed by atoms with E-state index in [4.69, 9.17) is 35.2 Å². The average molecular weight is 1100 g/mol. The molecule has 1 saturated heterocycles. The number of ether oxygens (including phenoxy) is 5. The summed E-state index contributed by atoms with van der Waals surface area (Å²) in [6.07, 6.45) is 2.37. The number of hydrogen-bond donors (Lipinski definition) is 9. The van der Waals surface area contributed by atoms with Crippen molar-refractivity contribution in [3.8, 4) is 28.3 Å². The number of aromatic nitrogens is 6. The van der Waals surface area contributed by atoms with Crippen LogP contribution in [0, 0.1) is 0 Å². The number of amides is 5. The maximum Gasteiger partial charge on any atom is 0.333 e. The van der Waals surface area contributed by atoms with Crippen LogP contribution >= 0.6 is 0 Å². The highest BCUT2D eigenvalue weighted by molar-refractivity contribution is 6.27. The summed E-state index contributed by atoms with van der Waals surface area (Å²) in [6, 6.07) is 17.3. The molecule has 5 amide bonds. The minimum Gasteiger partial charge on any atom is -0.484 e. The number of nitrogens with two attached hydrogens (primary N) is 2. The lowest BCUT2D eigenvalue weighted by atomic mass is 10.0. The summed E-state index contributed by atoms with van der Waals surface area (Å²) in [5.74, 6) is -1.91. The number of nitrogens with one attached hydrogen (secondary N) is 6. The number of carboxylic acid groups (broad SMARTS) is 1. The molecular formula is C53H65N15O12. The van der Waals surface area contributed by atoms with Crippen LogP contribution in [0.2, 0.25) is 0 Å². The van der Waals surface area contributed by atoms with Crippen molar-refractivity contribution in [1.29, 1.82) is 0 Å². The zero-order valence-electron chi connectivity index (χ0n) is 44.5. The number of aliphatic carboxylic acids is 1. The minimum absolute atomic E-state index is 0.0205. The molecule has 3 aromatic heterocycles. The van der Waals surface area contributed by atoms with Crippen LogP contribution in [-0.2, 0) is 39.9 Å². The fraction of sp³-hybridized carbons (Fsp3) is 0.377. The van der Waals surface area contributed by atoms with Gasteiger partial charge >= 0.3 is 12.0 Å². The van der Waals surface area contributed by atoms with Gasteiger partial charge in [0, 0.05) is 75.7 Å². The Balaban J connectivity index is 0.000000232. The van der Waals surface area contributed by atoms with Gasteiger partial charge in [-0.05, 0) is 67.4 Å². The number of nitrogen functional groups attached to an aromatic ring is 2. The first kappa shape index (κ1) is 58.8. The van der Waals surface area contributed by atoms with Crippen LogP contribution in [0.4, 0.5) is 27.9 Å². The molecule has 1 aliphatic heterocycles. The summed E-state index contributed by atoms with van der Waals surface area (Å²) in [6.45, 7) is 7.55. The number of hydrazine groups is 1. The second-order valence-electron chi connectivity index (χ2n) is 18.1. The van der Waals surface area contributed by atoms with Crippen LogP contribution in [0.1, 0.15) is 58.2 Å². The zero-order chi connectivity index (χ0) is 57.0. The van der Waals surface area contributed by atoms with E-state index in [0.717, 1.165) is 12.1 Å². The number of carbonyl (C=O) groups is 6. The molecule has 6 aromatic rings. The Bertz CT molecular complexity index is 3100. The van der Waals surface area contributed by atoms with Crippen molar-refractivity contribution in [2.24, 2.45) is 0 Å². The Morgan fingerprint density at radius 2 is 1.60 bits per heavy atom. The van der Waals surface area contributed by atoms with Crippen LogP contribution in [-0.4, -0.2) is 175 Å². The molecule has 27 nitrogen and oxygen atoms in total. The molecule has 1 atom stereocenters. The Morgan fingerprint density at radius 3 is 2.31 bits per heavy atom. The highest BCUT2D eigenvalue weighted by atomic mass is 16.5. The van der Waals surface area contributed by atoms with Crippen molar-refractivity contribution in [2.45, 2.75) is 38.8 Å². The lowest BCUT2D eigenvalue weighted by molar-refractivity contribution is -0.139. The molecule has 0 saturated carbocycles. The van der Waals surface area contributed by atoms with Gasteiger partial charge in [0.2, 0.25) is 11.9 Å². The number of urea groups is 1. The monoisotopic (exact) mass is 1100 g/mol. The van der Waals surface area contributed by atoms with Gasteiger partial charge in [-0.2, -0.15) is 15.1 Å².